The molecule has 0 spiro atoms. The average molecular weight is 290 g/mol. The van der Waals surface area contributed by atoms with E-state index in [4.69, 9.17) is 4.42 Å². The molecule has 2 aromatic rings. The van der Waals surface area contributed by atoms with Gasteiger partial charge in [-0.05, 0) is 43.5 Å². The Morgan fingerprint density at radius 1 is 1.29 bits per heavy atom. The quantitative estimate of drug-likeness (QED) is 0.845. The van der Waals surface area contributed by atoms with E-state index >= 15 is 0 Å². The van der Waals surface area contributed by atoms with Gasteiger partial charge in [0.05, 0.1) is 5.52 Å². The Labute approximate surface area is 126 Å². The molecule has 0 aliphatic rings. The van der Waals surface area contributed by atoms with Gasteiger partial charge in [0.15, 0.2) is 5.58 Å². The first-order chi connectivity index (χ1) is 10.1. The van der Waals surface area contributed by atoms with Gasteiger partial charge in [-0.3, -0.25) is 4.57 Å². The highest BCUT2D eigenvalue weighted by Gasteiger charge is 2.18. The maximum atomic E-state index is 11.9. The molecule has 2 rings (SSSR count). The molecule has 4 nitrogen and oxygen atoms in total. The Morgan fingerprint density at radius 3 is 2.67 bits per heavy atom. The molecular weight excluding hydrogens is 264 g/mol. The molecule has 21 heavy (non-hydrogen) atoms. The molecule has 0 fully saturated rings. The fraction of sp³-hybridized carbons (Fsp3) is 0.588. The topological polar surface area (TPSA) is 47.2 Å². The lowest BCUT2D eigenvalue weighted by Crippen LogP contribution is -2.23. The Bertz CT molecular complexity index is 642. The van der Waals surface area contributed by atoms with Crippen LogP contribution in [0, 0.1) is 5.92 Å². The number of hydrogen-bond acceptors (Lipinski definition) is 3. The predicted octanol–water partition coefficient (Wildman–Crippen LogP) is 3.70. The number of nitrogens with one attached hydrogen (secondary N) is 1. The summed E-state index contributed by atoms with van der Waals surface area (Å²) in [6.07, 6.45) is 3.26. The van der Waals surface area contributed by atoms with E-state index in [1.807, 2.05) is 19.2 Å². The second-order valence-electron chi connectivity index (χ2n) is 5.78. The smallest absolute Gasteiger partial charge is 0.408 e. The minimum Gasteiger partial charge on any atom is -0.408 e. The summed E-state index contributed by atoms with van der Waals surface area (Å²) in [5, 5.41) is 3.39. The zero-order chi connectivity index (χ0) is 15.4. The lowest BCUT2D eigenvalue weighted by molar-refractivity contribution is 0.384. The van der Waals surface area contributed by atoms with E-state index in [9.17, 15) is 4.79 Å². The van der Waals surface area contributed by atoms with E-state index in [1.54, 1.807) is 4.57 Å². The van der Waals surface area contributed by atoms with Gasteiger partial charge in [0, 0.05) is 12.6 Å². The lowest BCUT2D eigenvalue weighted by Gasteiger charge is -2.23. The molecule has 0 bridgehead atoms. The van der Waals surface area contributed by atoms with Crippen molar-refractivity contribution in [2.75, 3.05) is 7.05 Å². The molecule has 0 amide bonds. The number of oxazole rings is 1. The molecule has 0 saturated heterocycles. The minimum absolute atomic E-state index is 0.258. The van der Waals surface area contributed by atoms with E-state index in [0.29, 0.717) is 18.0 Å². The highest BCUT2D eigenvalue weighted by molar-refractivity contribution is 5.74. The van der Waals surface area contributed by atoms with E-state index in [0.717, 1.165) is 11.9 Å². The van der Waals surface area contributed by atoms with Gasteiger partial charge in [-0.2, -0.15) is 0 Å². The van der Waals surface area contributed by atoms with Crippen LogP contribution in [0.15, 0.2) is 27.4 Å². The van der Waals surface area contributed by atoms with Crippen molar-refractivity contribution >= 4 is 11.1 Å². The summed E-state index contributed by atoms with van der Waals surface area (Å²) >= 11 is 0. The van der Waals surface area contributed by atoms with Crippen molar-refractivity contribution in [1.82, 2.24) is 9.88 Å². The molecule has 116 valence electrons. The third-order valence-corrected chi connectivity index (χ3v) is 4.12. The molecule has 1 heterocycles. The number of nitrogens with zero attached hydrogens (tertiary/aromatic N) is 1. The summed E-state index contributed by atoms with van der Waals surface area (Å²) in [4.78, 5) is 11.9. The maximum absolute atomic E-state index is 11.9. The molecule has 2 unspecified atom stereocenters. The van der Waals surface area contributed by atoms with Gasteiger partial charge < -0.3 is 9.73 Å². The fourth-order valence-electron chi connectivity index (χ4n) is 3.11. The van der Waals surface area contributed by atoms with Gasteiger partial charge in [0.25, 0.3) is 0 Å². The normalized spacial score (nSPS) is 14.5. The summed E-state index contributed by atoms with van der Waals surface area (Å²) in [5.74, 6) is 0.286. The molecule has 2 atom stereocenters. The second-order valence-corrected chi connectivity index (χ2v) is 5.78. The third kappa shape index (κ3) is 3.21. The first kappa shape index (κ1) is 15.8. The number of rotatable bonds is 7. The Kier molecular flexibility index (Phi) is 5.23. The molecule has 0 aliphatic heterocycles. The standard InChI is InChI=1S/C17H26N2O2/c1-5-7-12(3)16(18-4)13-8-9-14-15(11-13)21-17(20)19(14)10-6-2/h8-9,11-12,16,18H,5-7,10H2,1-4H3. The van der Waals surface area contributed by atoms with Crippen LogP contribution >= 0.6 is 0 Å². The molecule has 0 saturated carbocycles. The number of fused-ring (bicyclic) bond motifs is 1. The van der Waals surface area contributed by atoms with Crippen LogP contribution in [0.5, 0.6) is 0 Å². The Balaban J connectivity index is 2.40. The molecule has 1 aromatic heterocycles. The van der Waals surface area contributed by atoms with E-state index in [-0.39, 0.29) is 11.8 Å². The summed E-state index contributed by atoms with van der Waals surface area (Å²) < 4.78 is 7.12. The minimum atomic E-state index is -0.258. The monoisotopic (exact) mass is 290 g/mol. The summed E-state index contributed by atoms with van der Waals surface area (Å²) in [7, 11) is 1.99. The predicted molar refractivity (Wildman–Crippen MR) is 86.6 cm³/mol. The van der Waals surface area contributed by atoms with Crippen LogP contribution in [0.2, 0.25) is 0 Å². The summed E-state index contributed by atoms with van der Waals surface area (Å²) in [5.41, 5.74) is 2.77. The van der Waals surface area contributed by atoms with Crippen molar-refractivity contribution in [3.8, 4) is 0 Å². The molecular formula is C17H26N2O2. The van der Waals surface area contributed by atoms with E-state index in [1.165, 1.54) is 18.4 Å². The van der Waals surface area contributed by atoms with Crippen molar-refractivity contribution in [2.24, 2.45) is 5.92 Å². The summed E-state index contributed by atoms with van der Waals surface area (Å²) in [6.45, 7) is 7.22. The Hall–Kier alpha value is -1.55. The molecule has 4 heteroatoms. The van der Waals surface area contributed by atoms with Crippen LogP contribution < -0.4 is 11.1 Å². The fourth-order valence-corrected chi connectivity index (χ4v) is 3.11. The number of hydrogen-bond donors (Lipinski definition) is 1. The van der Waals surface area contributed by atoms with Crippen molar-refractivity contribution in [2.45, 2.75) is 52.6 Å². The molecule has 1 N–H and O–H groups in total. The number of aromatic nitrogens is 1. The van der Waals surface area contributed by atoms with Gasteiger partial charge in [0.1, 0.15) is 0 Å². The van der Waals surface area contributed by atoms with Crippen LogP contribution in [0.1, 0.15) is 51.6 Å². The van der Waals surface area contributed by atoms with Gasteiger partial charge in [-0.1, -0.05) is 33.3 Å². The maximum Gasteiger partial charge on any atom is 0.419 e. The molecule has 0 radical (unpaired) electrons. The van der Waals surface area contributed by atoms with Crippen LogP contribution in [-0.2, 0) is 6.54 Å². The number of benzene rings is 1. The largest absolute Gasteiger partial charge is 0.419 e. The molecule has 1 aromatic carbocycles. The summed E-state index contributed by atoms with van der Waals surface area (Å²) in [6, 6.07) is 6.41. The van der Waals surface area contributed by atoms with Crippen molar-refractivity contribution in [1.29, 1.82) is 0 Å². The van der Waals surface area contributed by atoms with Crippen molar-refractivity contribution < 1.29 is 4.42 Å². The lowest BCUT2D eigenvalue weighted by atomic mass is 9.91. The molecule has 0 aliphatic carbocycles. The Morgan fingerprint density at radius 2 is 2.05 bits per heavy atom. The van der Waals surface area contributed by atoms with Crippen molar-refractivity contribution in [3.63, 3.8) is 0 Å². The van der Waals surface area contributed by atoms with Gasteiger partial charge in [-0.25, -0.2) is 4.79 Å². The first-order valence-electron chi connectivity index (χ1n) is 7.92. The van der Waals surface area contributed by atoms with Crippen LogP contribution in [0.3, 0.4) is 0 Å². The van der Waals surface area contributed by atoms with Crippen LogP contribution in [0.4, 0.5) is 0 Å². The van der Waals surface area contributed by atoms with Crippen LogP contribution in [-0.4, -0.2) is 11.6 Å². The van der Waals surface area contributed by atoms with Crippen LogP contribution in [0.25, 0.3) is 11.1 Å². The van der Waals surface area contributed by atoms with Gasteiger partial charge >= 0.3 is 5.76 Å². The zero-order valence-corrected chi connectivity index (χ0v) is 13.5. The highest BCUT2D eigenvalue weighted by atomic mass is 16.4. The van der Waals surface area contributed by atoms with Gasteiger partial charge in [-0.15, -0.1) is 0 Å². The van der Waals surface area contributed by atoms with E-state index in [2.05, 4.69) is 32.2 Å². The average Bonchev–Trinajstić information content (AvgIpc) is 2.76. The second kappa shape index (κ2) is 6.94. The highest BCUT2D eigenvalue weighted by Crippen LogP contribution is 2.27. The van der Waals surface area contributed by atoms with Gasteiger partial charge in [0.2, 0.25) is 0 Å². The zero-order valence-electron chi connectivity index (χ0n) is 13.5. The number of aryl methyl sites for hydroxylation is 1. The third-order valence-electron chi connectivity index (χ3n) is 4.12. The van der Waals surface area contributed by atoms with Crippen molar-refractivity contribution in [3.05, 3.63) is 34.3 Å². The first-order valence-corrected chi connectivity index (χ1v) is 7.92. The SMILES string of the molecule is CCCC(C)C(NC)c1ccc2c(c1)oc(=O)n2CCC. The van der Waals surface area contributed by atoms with E-state index < -0.39 is 0 Å².